The van der Waals surface area contributed by atoms with Gasteiger partial charge in [0.25, 0.3) is 0 Å². The Labute approximate surface area is 103 Å². The lowest BCUT2D eigenvalue weighted by molar-refractivity contribution is 0.121. The first-order valence-corrected chi connectivity index (χ1v) is 6.63. The van der Waals surface area contributed by atoms with E-state index in [-0.39, 0.29) is 6.04 Å². The Bertz CT molecular complexity index is 364. The molecule has 2 fully saturated rings. The Balaban J connectivity index is 1.74. The maximum atomic E-state index is 6.41. The highest BCUT2D eigenvalue weighted by atomic mass is 15.2. The van der Waals surface area contributed by atoms with Gasteiger partial charge in [-0.2, -0.15) is 0 Å². The first-order chi connectivity index (χ1) is 8.25. The van der Waals surface area contributed by atoms with Crippen LogP contribution in [0.3, 0.4) is 0 Å². The quantitative estimate of drug-likeness (QED) is 0.846. The van der Waals surface area contributed by atoms with E-state index < -0.39 is 0 Å². The second-order valence-corrected chi connectivity index (χ2v) is 5.59. The minimum absolute atomic E-state index is 0.167. The lowest BCUT2D eigenvalue weighted by Gasteiger charge is -2.38. The molecule has 0 saturated carbocycles. The molecule has 2 saturated heterocycles. The molecule has 3 heterocycles. The van der Waals surface area contributed by atoms with Crippen molar-refractivity contribution in [3.63, 3.8) is 0 Å². The van der Waals surface area contributed by atoms with Gasteiger partial charge in [-0.25, -0.2) is 0 Å². The molecule has 3 heteroatoms. The van der Waals surface area contributed by atoms with E-state index in [0.29, 0.717) is 5.92 Å². The maximum Gasteiger partial charge on any atom is 0.0340 e. The highest BCUT2D eigenvalue weighted by molar-refractivity contribution is 5.15. The predicted octanol–water partition coefficient (Wildman–Crippen LogP) is 1.95. The molecule has 2 aliphatic heterocycles. The van der Waals surface area contributed by atoms with Gasteiger partial charge < -0.3 is 10.6 Å². The van der Waals surface area contributed by atoms with Crippen LogP contribution in [0.1, 0.15) is 37.3 Å². The van der Waals surface area contributed by atoms with Gasteiger partial charge in [-0.3, -0.25) is 4.98 Å². The summed E-state index contributed by atoms with van der Waals surface area (Å²) < 4.78 is 0. The monoisotopic (exact) mass is 231 g/mol. The van der Waals surface area contributed by atoms with Crippen molar-refractivity contribution < 1.29 is 0 Å². The van der Waals surface area contributed by atoms with E-state index >= 15 is 0 Å². The van der Waals surface area contributed by atoms with Crippen LogP contribution in [0, 0.1) is 5.92 Å². The predicted molar refractivity (Wildman–Crippen MR) is 68.5 cm³/mol. The van der Waals surface area contributed by atoms with Crippen LogP contribution in [0.4, 0.5) is 0 Å². The summed E-state index contributed by atoms with van der Waals surface area (Å²) in [6.07, 6.45) is 8.96. The van der Waals surface area contributed by atoms with Crippen LogP contribution >= 0.6 is 0 Å². The molecular formula is C14H21N3. The molecule has 1 aromatic rings. The van der Waals surface area contributed by atoms with Crippen molar-refractivity contribution in [3.8, 4) is 0 Å². The number of rotatable bonds is 2. The van der Waals surface area contributed by atoms with Crippen molar-refractivity contribution in [1.29, 1.82) is 0 Å². The van der Waals surface area contributed by atoms with Crippen molar-refractivity contribution in [1.82, 2.24) is 9.88 Å². The minimum atomic E-state index is 0.167. The first kappa shape index (κ1) is 11.2. The Morgan fingerprint density at radius 1 is 1.35 bits per heavy atom. The fraction of sp³-hybridized carbons (Fsp3) is 0.643. The molecule has 0 spiro atoms. The van der Waals surface area contributed by atoms with E-state index in [4.69, 9.17) is 5.73 Å². The third-order valence-corrected chi connectivity index (χ3v) is 4.71. The Hall–Kier alpha value is -0.930. The number of piperidine rings is 1. The van der Waals surface area contributed by atoms with Gasteiger partial charge in [0, 0.05) is 30.5 Å². The van der Waals surface area contributed by atoms with Gasteiger partial charge >= 0.3 is 0 Å². The Kier molecular flexibility index (Phi) is 2.89. The number of pyridine rings is 1. The van der Waals surface area contributed by atoms with Crippen LogP contribution in [-0.2, 0) is 0 Å². The molecule has 3 rings (SSSR count). The van der Waals surface area contributed by atoms with Gasteiger partial charge in [0.05, 0.1) is 0 Å². The third kappa shape index (κ3) is 1.98. The molecule has 1 aromatic heterocycles. The van der Waals surface area contributed by atoms with Crippen molar-refractivity contribution in [2.45, 2.75) is 43.8 Å². The van der Waals surface area contributed by atoms with Crippen molar-refractivity contribution in [2.75, 3.05) is 7.05 Å². The fourth-order valence-electron chi connectivity index (χ4n) is 3.59. The summed E-state index contributed by atoms with van der Waals surface area (Å²) in [6, 6.07) is 5.79. The first-order valence-electron chi connectivity index (χ1n) is 6.63. The van der Waals surface area contributed by atoms with Crippen LogP contribution in [0.25, 0.3) is 0 Å². The van der Waals surface area contributed by atoms with Gasteiger partial charge in [-0.15, -0.1) is 0 Å². The summed E-state index contributed by atoms with van der Waals surface area (Å²) in [5.41, 5.74) is 7.60. The molecule has 0 radical (unpaired) electrons. The third-order valence-electron chi connectivity index (χ3n) is 4.71. The summed E-state index contributed by atoms with van der Waals surface area (Å²) in [7, 11) is 2.27. The van der Waals surface area contributed by atoms with Crippen LogP contribution in [0.2, 0.25) is 0 Å². The number of nitrogens with two attached hydrogens (primary N) is 1. The van der Waals surface area contributed by atoms with E-state index in [1.807, 2.05) is 18.5 Å². The highest BCUT2D eigenvalue weighted by Crippen LogP contribution is 2.41. The second-order valence-electron chi connectivity index (χ2n) is 5.59. The Morgan fingerprint density at radius 3 is 2.65 bits per heavy atom. The molecule has 0 amide bonds. The van der Waals surface area contributed by atoms with Crippen LogP contribution < -0.4 is 5.73 Å². The molecular weight excluding hydrogens is 210 g/mol. The van der Waals surface area contributed by atoms with Crippen LogP contribution in [-0.4, -0.2) is 29.0 Å². The summed E-state index contributed by atoms with van der Waals surface area (Å²) >= 11 is 0. The zero-order valence-electron chi connectivity index (χ0n) is 10.4. The summed E-state index contributed by atoms with van der Waals surface area (Å²) in [5, 5.41) is 0. The molecule has 17 heavy (non-hydrogen) atoms. The topological polar surface area (TPSA) is 42.1 Å². The molecule has 2 N–H and O–H groups in total. The maximum absolute atomic E-state index is 6.41. The van der Waals surface area contributed by atoms with Crippen LogP contribution in [0.5, 0.6) is 0 Å². The molecule has 92 valence electrons. The SMILES string of the molecule is CN1C2CCC1CC(C(N)c1cccnc1)C2. The number of fused-ring (bicyclic) bond motifs is 2. The summed E-state index contributed by atoms with van der Waals surface area (Å²) in [4.78, 5) is 6.74. The summed E-state index contributed by atoms with van der Waals surface area (Å²) in [6.45, 7) is 0. The zero-order valence-corrected chi connectivity index (χ0v) is 10.4. The molecule has 0 aliphatic carbocycles. The van der Waals surface area contributed by atoms with E-state index in [0.717, 1.165) is 12.1 Å². The van der Waals surface area contributed by atoms with Crippen molar-refractivity contribution >= 4 is 0 Å². The zero-order chi connectivity index (χ0) is 11.8. The summed E-state index contributed by atoms with van der Waals surface area (Å²) in [5.74, 6) is 0.632. The van der Waals surface area contributed by atoms with Gasteiger partial charge in [-0.1, -0.05) is 6.07 Å². The molecule has 0 aromatic carbocycles. The average Bonchev–Trinajstić information content (AvgIpc) is 2.61. The Morgan fingerprint density at radius 2 is 2.06 bits per heavy atom. The van der Waals surface area contributed by atoms with Crippen molar-refractivity contribution in [3.05, 3.63) is 30.1 Å². The molecule has 3 unspecified atom stereocenters. The molecule has 3 atom stereocenters. The molecule has 3 nitrogen and oxygen atoms in total. The highest BCUT2D eigenvalue weighted by Gasteiger charge is 2.40. The van der Waals surface area contributed by atoms with Gasteiger partial charge in [0.2, 0.25) is 0 Å². The minimum Gasteiger partial charge on any atom is -0.324 e. The number of nitrogens with zero attached hydrogens (tertiary/aromatic N) is 2. The smallest absolute Gasteiger partial charge is 0.0340 e. The normalized spacial score (nSPS) is 34.8. The lowest BCUT2D eigenvalue weighted by atomic mass is 9.83. The molecule has 2 bridgehead atoms. The van der Waals surface area contributed by atoms with E-state index in [1.54, 1.807) is 0 Å². The van der Waals surface area contributed by atoms with Crippen molar-refractivity contribution in [2.24, 2.45) is 11.7 Å². The molecule has 2 aliphatic rings. The van der Waals surface area contributed by atoms with Gasteiger partial charge in [-0.05, 0) is 50.3 Å². The fourth-order valence-corrected chi connectivity index (χ4v) is 3.59. The van der Waals surface area contributed by atoms with Gasteiger partial charge in [0.1, 0.15) is 0 Å². The second kappa shape index (κ2) is 4.39. The number of hydrogen-bond donors (Lipinski definition) is 1. The number of aromatic nitrogens is 1. The van der Waals surface area contributed by atoms with E-state index in [2.05, 4.69) is 23.0 Å². The average molecular weight is 231 g/mol. The van der Waals surface area contributed by atoms with Gasteiger partial charge in [0.15, 0.2) is 0 Å². The lowest BCUT2D eigenvalue weighted by Crippen LogP contribution is -2.42. The number of hydrogen-bond acceptors (Lipinski definition) is 3. The van der Waals surface area contributed by atoms with E-state index in [9.17, 15) is 0 Å². The standard InChI is InChI=1S/C14H21N3/c1-17-12-4-5-13(17)8-11(7-12)14(15)10-3-2-6-16-9-10/h2-3,6,9,11-14H,4-5,7-8,15H2,1H3. The van der Waals surface area contributed by atoms with E-state index in [1.165, 1.54) is 31.2 Å². The largest absolute Gasteiger partial charge is 0.324 e. The van der Waals surface area contributed by atoms with Crippen LogP contribution in [0.15, 0.2) is 24.5 Å².